The van der Waals surface area contributed by atoms with Gasteiger partial charge in [0, 0.05) is 11.3 Å². The Morgan fingerprint density at radius 1 is 1.32 bits per heavy atom. The summed E-state index contributed by atoms with van der Waals surface area (Å²) in [6.07, 6.45) is 0. The highest BCUT2D eigenvalue weighted by atomic mass is 32.2. The van der Waals surface area contributed by atoms with E-state index in [0.717, 1.165) is 5.56 Å². The first-order chi connectivity index (χ1) is 12.1. The van der Waals surface area contributed by atoms with Crippen molar-refractivity contribution in [1.29, 1.82) is 0 Å². The van der Waals surface area contributed by atoms with E-state index < -0.39 is 5.82 Å². The van der Waals surface area contributed by atoms with Gasteiger partial charge in [0.2, 0.25) is 11.8 Å². The number of amides is 2. The van der Waals surface area contributed by atoms with Crippen LogP contribution in [0.1, 0.15) is 10.9 Å². The third kappa shape index (κ3) is 3.93. The molecule has 130 valence electrons. The standard InChI is InChI=1S/C18H17FN2O3S/c1-24-15-8-3-2-7-14(15)18-21(17(23)11-25-18)10-16(22)20-13-6-4-5-12(19)9-13/h2-9,18H,10-11H2,1H3,(H,20,22)/t18-/m1/s1. The van der Waals surface area contributed by atoms with Crippen LogP contribution in [0.5, 0.6) is 5.75 Å². The van der Waals surface area contributed by atoms with E-state index in [-0.39, 0.29) is 23.7 Å². The molecule has 0 unspecified atom stereocenters. The molecule has 2 amide bonds. The number of hydrogen-bond donors (Lipinski definition) is 1. The monoisotopic (exact) mass is 360 g/mol. The second kappa shape index (κ2) is 7.57. The zero-order valence-electron chi connectivity index (χ0n) is 13.6. The minimum Gasteiger partial charge on any atom is -0.496 e. The van der Waals surface area contributed by atoms with Crippen molar-refractivity contribution in [3.05, 3.63) is 59.9 Å². The van der Waals surface area contributed by atoms with Crippen LogP contribution in [0.3, 0.4) is 0 Å². The van der Waals surface area contributed by atoms with E-state index in [1.54, 1.807) is 13.2 Å². The molecule has 5 nitrogen and oxygen atoms in total. The molecule has 0 saturated carbocycles. The van der Waals surface area contributed by atoms with Crippen molar-refractivity contribution < 1.29 is 18.7 Å². The molecule has 1 N–H and O–H groups in total. The van der Waals surface area contributed by atoms with Crippen molar-refractivity contribution in [2.24, 2.45) is 0 Å². The van der Waals surface area contributed by atoms with Crippen LogP contribution in [0, 0.1) is 5.82 Å². The zero-order valence-corrected chi connectivity index (χ0v) is 14.4. The largest absolute Gasteiger partial charge is 0.496 e. The lowest BCUT2D eigenvalue weighted by atomic mass is 10.2. The number of benzene rings is 2. The summed E-state index contributed by atoms with van der Waals surface area (Å²) in [4.78, 5) is 26.0. The fourth-order valence-electron chi connectivity index (χ4n) is 2.67. The molecule has 1 aliphatic rings. The Hall–Kier alpha value is -2.54. The molecule has 1 heterocycles. The van der Waals surface area contributed by atoms with Gasteiger partial charge in [0.25, 0.3) is 0 Å². The van der Waals surface area contributed by atoms with Crippen molar-refractivity contribution in [2.45, 2.75) is 5.37 Å². The SMILES string of the molecule is COc1ccccc1[C@H]1SCC(=O)N1CC(=O)Nc1cccc(F)c1. The van der Waals surface area contributed by atoms with Gasteiger partial charge < -0.3 is 15.0 Å². The number of nitrogens with zero attached hydrogens (tertiary/aromatic N) is 1. The van der Waals surface area contributed by atoms with Gasteiger partial charge in [0.1, 0.15) is 23.5 Å². The van der Waals surface area contributed by atoms with Gasteiger partial charge in [-0.15, -0.1) is 11.8 Å². The average molecular weight is 360 g/mol. The number of rotatable bonds is 5. The summed E-state index contributed by atoms with van der Waals surface area (Å²) >= 11 is 1.45. The Kier molecular flexibility index (Phi) is 5.23. The molecule has 7 heteroatoms. The van der Waals surface area contributed by atoms with Crippen LogP contribution >= 0.6 is 11.8 Å². The smallest absolute Gasteiger partial charge is 0.244 e. The van der Waals surface area contributed by atoms with E-state index in [1.807, 2.05) is 24.3 Å². The summed E-state index contributed by atoms with van der Waals surface area (Å²) in [5.74, 6) is 0.0510. The topological polar surface area (TPSA) is 58.6 Å². The summed E-state index contributed by atoms with van der Waals surface area (Å²) in [6.45, 7) is -0.106. The number of thioether (sulfide) groups is 1. The fraction of sp³-hybridized carbons (Fsp3) is 0.222. The number of para-hydroxylation sites is 1. The lowest BCUT2D eigenvalue weighted by molar-refractivity contribution is -0.132. The number of nitrogens with one attached hydrogen (secondary N) is 1. The summed E-state index contributed by atoms with van der Waals surface area (Å²) in [5.41, 5.74) is 1.21. The predicted octanol–water partition coefficient (Wildman–Crippen LogP) is 3.05. The van der Waals surface area contributed by atoms with Crippen LogP contribution in [0.2, 0.25) is 0 Å². The van der Waals surface area contributed by atoms with Gasteiger partial charge in [0.05, 0.1) is 12.9 Å². The van der Waals surface area contributed by atoms with Crippen molar-refractivity contribution in [3.8, 4) is 5.75 Å². The molecular formula is C18H17FN2O3S. The number of hydrogen-bond acceptors (Lipinski definition) is 4. The first kappa shape index (κ1) is 17.3. The fourth-order valence-corrected chi connectivity index (χ4v) is 3.89. The lowest BCUT2D eigenvalue weighted by Crippen LogP contribution is -2.36. The highest BCUT2D eigenvalue weighted by Gasteiger charge is 2.35. The van der Waals surface area contributed by atoms with Crippen LogP contribution < -0.4 is 10.1 Å². The maximum absolute atomic E-state index is 13.2. The van der Waals surface area contributed by atoms with E-state index in [0.29, 0.717) is 17.2 Å². The molecule has 2 aromatic carbocycles. The molecule has 0 spiro atoms. The summed E-state index contributed by atoms with van der Waals surface area (Å²) in [7, 11) is 1.57. The van der Waals surface area contributed by atoms with Crippen molar-refractivity contribution in [2.75, 3.05) is 24.7 Å². The van der Waals surface area contributed by atoms with E-state index in [2.05, 4.69) is 5.32 Å². The van der Waals surface area contributed by atoms with E-state index in [1.165, 1.54) is 34.9 Å². The number of carbonyl (C=O) groups excluding carboxylic acids is 2. The first-order valence-electron chi connectivity index (χ1n) is 7.68. The number of carbonyl (C=O) groups is 2. The maximum atomic E-state index is 13.2. The number of ether oxygens (including phenoxy) is 1. The molecule has 2 aromatic rings. The van der Waals surface area contributed by atoms with Crippen molar-refractivity contribution in [3.63, 3.8) is 0 Å². The molecule has 0 aliphatic carbocycles. The third-order valence-electron chi connectivity index (χ3n) is 3.80. The minimum absolute atomic E-state index is 0.106. The molecule has 0 bridgehead atoms. The molecule has 25 heavy (non-hydrogen) atoms. The van der Waals surface area contributed by atoms with Gasteiger partial charge in [-0.3, -0.25) is 9.59 Å². The summed E-state index contributed by atoms with van der Waals surface area (Å²) in [5, 5.41) is 2.33. The van der Waals surface area contributed by atoms with Gasteiger partial charge >= 0.3 is 0 Å². The van der Waals surface area contributed by atoms with Crippen molar-refractivity contribution >= 4 is 29.3 Å². The summed E-state index contributed by atoms with van der Waals surface area (Å²) in [6, 6.07) is 13.1. The number of anilines is 1. The zero-order chi connectivity index (χ0) is 17.8. The van der Waals surface area contributed by atoms with Crippen LogP contribution in [0.4, 0.5) is 10.1 Å². The van der Waals surface area contributed by atoms with Gasteiger partial charge in [-0.2, -0.15) is 0 Å². The molecule has 1 atom stereocenters. The van der Waals surface area contributed by atoms with Crippen LogP contribution in [0.25, 0.3) is 0 Å². The Morgan fingerprint density at radius 3 is 2.88 bits per heavy atom. The normalized spacial score (nSPS) is 16.8. The van der Waals surface area contributed by atoms with Gasteiger partial charge in [0.15, 0.2) is 0 Å². The Morgan fingerprint density at radius 2 is 2.12 bits per heavy atom. The summed E-state index contributed by atoms with van der Waals surface area (Å²) < 4.78 is 18.6. The second-order valence-corrected chi connectivity index (χ2v) is 6.55. The van der Waals surface area contributed by atoms with Crippen LogP contribution in [-0.2, 0) is 9.59 Å². The maximum Gasteiger partial charge on any atom is 0.244 e. The third-order valence-corrected chi connectivity index (χ3v) is 5.03. The van der Waals surface area contributed by atoms with Crippen LogP contribution in [-0.4, -0.2) is 36.1 Å². The van der Waals surface area contributed by atoms with Crippen LogP contribution in [0.15, 0.2) is 48.5 Å². The minimum atomic E-state index is -0.433. The first-order valence-corrected chi connectivity index (χ1v) is 8.73. The van der Waals surface area contributed by atoms with Gasteiger partial charge in [-0.25, -0.2) is 4.39 Å². The van der Waals surface area contributed by atoms with Gasteiger partial charge in [-0.1, -0.05) is 24.3 Å². The number of halogens is 1. The molecule has 0 radical (unpaired) electrons. The molecule has 1 fully saturated rings. The Bertz CT molecular complexity index is 799. The van der Waals surface area contributed by atoms with E-state index >= 15 is 0 Å². The average Bonchev–Trinajstić information content (AvgIpc) is 2.95. The highest BCUT2D eigenvalue weighted by molar-refractivity contribution is 8.00. The second-order valence-electron chi connectivity index (χ2n) is 5.49. The molecule has 0 aromatic heterocycles. The Labute approximate surface area is 149 Å². The van der Waals surface area contributed by atoms with Crippen molar-refractivity contribution in [1.82, 2.24) is 4.90 Å². The highest BCUT2D eigenvalue weighted by Crippen LogP contribution is 2.42. The molecule has 1 saturated heterocycles. The molecule has 3 rings (SSSR count). The molecular weight excluding hydrogens is 343 g/mol. The van der Waals surface area contributed by atoms with Gasteiger partial charge in [-0.05, 0) is 24.3 Å². The predicted molar refractivity (Wildman–Crippen MR) is 94.9 cm³/mol. The Balaban J connectivity index is 1.75. The molecule has 1 aliphatic heterocycles. The van der Waals surface area contributed by atoms with E-state index in [9.17, 15) is 14.0 Å². The van der Waals surface area contributed by atoms with E-state index in [4.69, 9.17) is 4.74 Å². The lowest BCUT2D eigenvalue weighted by Gasteiger charge is -2.25. The number of methoxy groups -OCH3 is 1. The quantitative estimate of drug-likeness (QED) is 0.890.